The second-order valence-corrected chi connectivity index (χ2v) is 2.76. The molecule has 1 aromatic rings. The smallest absolute Gasteiger partial charge is 0.131 e. The number of benzene rings is 1. The number of nitrogens with one attached hydrogen (secondary N) is 1. The lowest BCUT2D eigenvalue weighted by Gasteiger charge is -2.06. The van der Waals surface area contributed by atoms with Crippen LogP contribution in [0.2, 0.25) is 0 Å². The Morgan fingerprint density at radius 3 is 2.85 bits per heavy atom. The van der Waals surface area contributed by atoms with Gasteiger partial charge >= 0.3 is 0 Å². The number of aryl methyl sites for hydroxylation is 1. The van der Waals surface area contributed by atoms with Crippen LogP contribution >= 0.6 is 0 Å². The molecular formula is C9H12FNO2. The molecule has 0 radical (unpaired) electrons. The lowest BCUT2D eigenvalue weighted by molar-refractivity contribution is 0.0859. The molecule has 0 fully saturated rings. The molecule has 0 aliphatic heterocycles. The summed E-state index contributed by atoms with van der Waals surface area (Å²) in [5.74, 6) is -0.466. The summed E-state index contributed by atoms with van der Waals surface area (Å²) in [6.07, 6.45) is 0. The van der Waals surface area contributed by atoms with Crippen molar-refractivity contribution in [2.75, 3.05) is 7.11 Å². The summed E-state index contributed by atoms with van der Waals surface area (Å²) in [5.41, 5.74) is 3.65. The van der Waals surface area contributed by atoms with Gasteiger partial charge in [0.1, 0.15) is 11.6 Å². The predicted molar refractivity (Wildman–Crippen MR) is 46.7 cm³/mol. The van der Waals surface area contributed by atoms with E-state index in [2.05, 4.69) is 10.3 Å². The van der Waals surface area contributed by atoms with Crippen molar-refractivity contribution < 1.29 is 14.3 Å². The van der Waals surface area contributed by atoms with Crippen LogP contribution in [0, 0.1) is 12.7 Å². The zero-order valence-corrected chi connectivity index (χ0v) is 7.60. The average Bonchev–Trinajstić information content (AvgIpc) is 2.09. The number of phenols is 1. The van der Waals surface area contributed by atoms with Crippen LogP contribution in [0.5, 0.6) is 5.75 Å². The van der Waals surface area contributed by atoms with Gasteiger partial charge in [0, 0.05) is 18.2 Å². The van der Waals surface area contributed by atoms with Gasteiger partial charge in [0.25, 0.3) is 0 Å². The van der Waals surface area contributed by atoms with Gasteiger partial charge in [-0.15, -0.1) is 0 Å². The van der Waals surface area contributed by atoms with Crippen molar-refractivity contribution in [3.05, 3.63) is 29.1 Å². The summed E-state index contributed by atoms with van der Waals surface area (Å²) >= 11 is 0. The van der Waals surface area contributed by atoms with Crippen LogP contribution in [-0.2, 0) is 11.4 Å². The van der Waals surface area contributed by atoms with E-state index in [-0.39, 0.29) is 12.3 Å². The third kappa shape index (κ3) is 2.40. The van der Waals surface area contributed by atoms with Crippen LogP contribution in [0.1, 0.15) is 11.1 Å². The lowest BCUT2D eigenvalue weighted by Crippen LogP contribution is -2.12. The Kier molecular flexibility index (Phi) is 3.22. The molecule has 4 heteroatoms. The fourth-order valence-electron chi connectivity index (χ4n) is 1.02. The molecule has 0 saturated heterocycles. The Balaban J connectivity index is 2.88. The van der Waals surface area contributed by atoms with Crippen LogP contribution in [0.3, 0.4) is 0 Å². The Bertz CT molecular complexity index is 302. The molecule has 0 aliphatic carbocycles. The standard InChI is InChI=1S/C9H12FNO2/c1-6-3-7(5-11-13-2)8(10)4-9(6)12/h3-4,11-12H,5H2,1-2H3. The number of rotatable bonds is 3. The molecule has 0 saturated carbocycles. The molecule has 1 aromatic carbocycles. The molecule has 0 aromatic heterocycles. The molecule has 2 N–H and O–H groups in total. The highest BCUT2D eigenvalue weighted by Crippen LogP contribution is 2.20. The van der Waals surface area contributed by atoms with Crippen LogP contribution in [0.25, 0.3) is 0 Å². The molecule has 0 aliphatic rings. The van der Waals surface area contributed by atoms with Gasteiger partial charge < -0.3 is 9.94 Å². The molecule has 72 valence electrons. The van der Waals surface area contributed by atoms with E-state index >= 15 is 0 Å². The quantitative estimate of drug-likeness (QED) is 0.701. The number of hydroxylamine groups is 1. The number of aromatic hydroxyl groups is 1. The second-order valence-electron chi connectivity index (χ2n) is 2.76. The van der Waals surface area contributed by atoms with Gasteiger partial charge in [-0.25, -0.2) is 4.39 Å². The van der Waals surface area contributed by atoms with E-state index < -0.39 is 5.82 Å². The largest absolute Gasteiger partial charge is 0.508 e. The third-order valence-electron chi connectivity index (χ3n) is 1.77. The summed E-state index contributed by atoms with van der Waals surface area (Å²) in [5, 5.41) is 9.16. The molecule has 0 unspecified atom stereocenters. The minimum absolute atomic E-state index is 0.0290. The Morgan fingerprint density at radius 1 is 1.54 bits per heavy atom. The molecular weight excluding hydrogens is 173 g/mol. The van der Waals surface area contributed by atoms with Crippen molar-refractivity contribution in [1.82, 2.24) is 5.48 Å². The number of phenolic OH excluding ortho intramolecular Hbond substituents is 1. The van der Waals surface area contributed by atoms with Crippen LogP contribution in [0.15, 0.2) is 12.1 Å². The number of halogens is 1. The molecule has 1 rings (SSSR count). The first kappa shape index (κ1) is 9.95. The molecule has 0 amide bonds. The van der Waals surface area contributed by atoms with E-state index in [1.807, 2.05) is 0 Å². The third-order valence-corrected chi connectivity index (χ3v) is 1.77. The maximum Gasteiger partial charge on any atom is 0.131 e. The predicted octanol–water partition coefficient (Wildman–Crippen LogP) is 1.49. The zero-order chi connectivity index (χ0) is 9.84. The van der Waals surface area contributed by atoms with Gasteiger partial charge in [-0.05, 0) is 18.6 Å². The van der Waals surface area contributed by atoms with Gasteiger partial charge in [-0.2, -0.15) is 5.48 Å². The van der Waals surface area contributed by atoms with Crippen LogP contribution in [0.4, 0.5) is 4.39 Å². The van der Waals surface area contributed by atoms with E-state index in [4.69, 9.17) is 5.11 Å². The first-order valence-electron chi connectivity index (χ1n) is 3.89. The van der Waals surface area contributed by atoms with E-state index in [0.717, 1.165) is 6.07 Å². The minimum atomic E-state index is -0.437. The van der Waals surface area contributed by atoms with Crippen molar-refractivity contribution >= 4 is 0 Å². The summed E-state index contributed by atoms with van der Waals surface area (Å²) in [6.45, 7) is 1.99. The summed E-state index contributed by atoms with van der Waals surface area (Å²) in [6, 6.07) is 2.68. The second kappa shape index (κ2) is 4.20. The Morgan fingerprint density at radius 2 is 2.23 bits per heavy atom. The van der Waals surface area contributed by atoms with E-state index in [0.29, 0.717) is 11.1 Å². The first-order chi connectivity index (χ1) is 6.15. The summed E-state index contributed by atoms with van der Waals surface area (Å²) in [7, 11) is 1.46. The van der Waals surface area contributed by atoms with Crippen molar-refractivity contribution in [2.45, 2.75) is 13.5 Å². The topological polar surface area (TPSA) is 41.5 Å². The Labute approximate surface area is 76.1 Å². The van der Waals surface area contributed by atoms with E-state index in [1.165, 1.54) is 7.11 Å². The van der Waals surface area contributed by atoms with Crippen LogP contribution in [-0.4, -0.2) is 12.2 Å². The van der Waals surface area contributed by atoms with Gasteiger partial charge in [0.2, 0.25) is 0 Å². The lowest BCUT2D eigenvalue weighted by atomic mass is 10.1. The van der Waals surface area contributed by atoms with E-state index in [9.17, 15) is 4.39 Å². The highest BCUT2D eigenvalue weighted by Gasteiger charge is 2.05. The summed E-state index contributed by atoms with van der Waals surface area (Å²) in [4.78, 5) is 4.59. The SMILES string of the molecule is CONCc1cc(C)c(O)cc1F. The van der Waals surface area contributed by atoms with Crippen LogP contribution < -0.4 is 5.48 Å². The fraction of sp³-hybridized carbons (Fsp3) is 0.333. The molecule has 0 heterocycles. The highest BCUT2D eigenvalue weighted by molar-refractivity contribution is 5.35. The first-order valence-corrected chi connectivity index (χ1v) is 3.89. The highest BCUT2D eigenvalue weighted by atomic mass is 19.1. The average molecular weight is 185 g/mol. The van der Waals surface area contributed by atoms with E-state index in [1.54, 1.807) is 13.0 Å². The van der Waals surface area contributed by atoms with Gasteiger partial charge in [-0.1, -0.05) is 0 Å². The molecule has 3 nitrogen and oxygen atoms in total. The maximum absolute atomic E-state index is 13.1. The van der Waals surface area contributed by atoms with Gasteiger partial charge in [-0.3, -0.25) is 0 Å². The fourth-order valence-corrected chi connectivity index (χ4v) is 1.02. The van der Waals surface area contributed by atoms with Crippen molar-refractivity contribution in [3.63, 3.8) is 0 Å². The normalized spacial score (nSPS) is 10.4. The number of hydrogen-bond acceptors (Lipinski definition) is 3. The Hall–Kier alpha value is -1.13. The molecule has 0 spiro atoms. The van der Waals surface area contributed by atoms with Gasteiger partial charge in [0.05, 0.1) is 7.11 Å². The maximum atomic E-state index is 13.1. The van der Waals surface area contributed by atoms with Crippen molar-refractivity contribution in [2.24, 2.45) is 0 Å². The molecule has 0 atom stereocenters. The molecule has 0 bridgehead atoms. The minimum Gasteiger partial charge on any atom is -0.508 e. The monoisotopic (exact) mass is 185 g/mol. The number of hydrogen-bond donors (Lipinski definition) is 2. The zero-order valence-electron chi connectivity index (χ0n) is 7.60. The molecule has 13 heavy (non-hydrogen) atoms. The van der Waals surface area contributed by atoms with Crippen molar-refractivity contribution in [1.29, 1.82) is 0 Å². The summed E-state index contributed by atoms with van der Waals surface area (Å²) < 4.78 is 13.1. The van der Waals surface area contributed by atoms with Crippen molar-refractivity contribution in [3.8, 4) is 5.75 Å². The van der Waals surface area contributed by atoms with Gasteiger partial charge in [0.15, 0.2) is 0 Å².